The zero-order chi connectivity index (χ0) is 13.5. The molecule has 98 valence electrons. The summed E-state index contributed by atoms with van der Waals surface area (Å²) in [5.74, 6) is -0.389. The van der Waals surface area contributed by atoms with Gasteiger partial charge in [0.2, 0.25) is 0 Å². The fourth-order valence-electron chi connectivity index (χ4n) is 1.22. The zero-order valence-electron chi connectivity index (χ0n) is 9.98. The number of esters is 1. The molecular weight excluding hydrogens is 302 g/mol. The predicted molar refractivity (Wildman–Crippen MR) is 71.5 cm³/mol. The molecule has 18 heavy (non-hydrogen) atoms. The van der Waals surface area contributed by atoms with Crippen LogP contribution in [0, 0.1) is 0 Å². The Kier molecular flexibility index (Phi) is 5.57. The highest BCUT2D eigenvalue weighted by molar-refractivity contribution is 9.10. The molecule has 1 rings (SSSR count). The van der Waals surface area contributed by atoms with E-state index in [0.717, 1.165) is 0 Å². The number of anilines is 1. The number of rotatable bonds is 6. The Bertz CT molecular complexity index is 499. The summed E-state index contributed by atoms with van der Waals surface area (Å²) in [6.07, 6.45) is 3.04. The van der Waals surface area contributed by atoms with Crippen LogP contribution in [0.2, 0.25) is 0 Å². The number of nitrogens with zero attached hydrogens (tertiary/aromatic N) is 2. The van der Waals surface area contributed by atoms with Crippen molar-refractivity contribution in [1.82, 2.24) is 9.78 Å². The summed E-state index contributed by atoms with van der Waals surface area (Å²) in [4.78, 5) is 23.0. The average Bonchev–Trinajstić information content (AvgIpc) is 2.35. The van der Waals surface area contributed by atoms with Crippen molar-refractivity contribution >= 4 is 27.6 Å². The fourth-order valence-corrected chi connectivity index (χ4v) is 1.67. The Hall–Kier alpha value is -1.63. The molecule has 0 unspecified atom stereocenters. The van der Waals surface area contributed by atoms with E-state index in [2.05, 4.69) is 32.9 Å². The molecule has 1 N–H and O–H groups in total. The summed E-state index contributed by atoms with van der Waals surface area (Å²) >= 11 is 3.17. The van der Waals surface area contributed by atoms with Crippen LogP contribution in [-0.2, 0) is 16.1 Å². The third kappa shape index (κ3) is 3.69. The Labute approximate surface area is 113 Å². The monoisotopic (exact) mass is 315 g/mol. The van der Waals surface area contributed by atoms with Gasteiger partial charge in [-0.25, -0.2) is 4.68 Å². The maximum absolute atomic E-state index is 11.8. The number of carbonyl (C=O) groups is 1. The van der Waals surface area contributed by atoms with Crippen molar-refractivity contribution in [2.75, 3.05) is 18.5 Å². The van der Waals surface area contributed by atoms with Gasteiger partial charge >= 0.3 is 5.97 Å². The van der Waals surface area contributed by atoms with Gasteiger partial charge in [0.15, 0.2) is 0 Å². The van der Waals surface area contributed by atoms with Gasteiger partial charge in [0.05, 0.1) is 25.0 Å². The van der Waals surface area contributed by atoms with Crippen LogP contribution in [0.3, 0.4) is 0 Å². The first kappa shape index (κ1) is 14.4. The van der Waals surface area contributed by atoms with E-state index in [-0.39, 0.29) is 18.1 Å². The van der Waals surface area contributed by atoms with E-state index in [0.29, 0.717) is 23.3 Å². The van der Waals surface area contributed by atoms with Crippen molar-refractivity contribution in [2.45, 2.75) is 13.5 Å². The molecule has 0 aromatic carbocycles. The van der Waals surface area contributed by atoms with Gasteiger partial charge in [-0.3, -0.25) is 9.59 Å². The van der Waals surface area contributed by atoms with E-state index in [9.17, 15) is 9.59 Å². The second kappa shape index (κ2) is 6.95. The smallest absolute Gasteiger partial charge is 0.325 e. The topological polar surface area (TPSA) is 73.2 Å². The van der Waals surface area contributed by atoms with E-state index in [1.54, 1.807) is 13.0 Å². The van der Waals surface area contributed by atoms with E-state index in [1.807, 2.05) is 0 Å². The number of hydrogen-bond donors (Lipinski definition) is 1. The lowest BCUT2D eigenvalue weighted by Gasteiger charge is -2.09. The number of hydrogen-bond acceptors (Lipinski definition) is 5. The molecule has 0 saturated carbocycles. The van der Waals surface area contributed by atoms with Crippen LogP contribution >= 0.6 is 15.9 Å². The highest BCUT2D eigenvalue weighted by Gasteiger charge is 2.09. The first-order chi connectivity index (χ1) is 8.60. The van der Waals surface area contributed by atoms with Gasteiger partial charge in [0.25, 0.3) is 5.56 Å². The Morgan fingerprint density at radius 2 is 2.44 bits per heavy atom. The lowest BCUT2D eigenvalue weighted by Crippen LogP contribution is -2.25. The minimum absolute atomic E-state index is 0.0148. The van der Waals surface area contributed by atoms with Crippen LogP contribution in [0.15, 0.2) is 28.1 Å². The van der Waals surface area contributed by atoms with Gasteiger partial charge in [-0.2, -0.15) is 5.10 Å². The quantitative estimate of drug-likeness (QED) is 0.630. The number of allylic oxidation sites excluding steroid dienone is 1. The largest absolute Gasteiger partial charge is 0.465 e. The standard InChI is InChI=1S/C11H14BrN3O3/c1-3-5-15-11(17)10(12)8(6-14-15)13-7-9(16)18-4-2/h3,6,13H,1,4-5,7H2,2H3. The van der Waals surface area contributed by atoms with Crippen molar-refractivity contribution in [1.29, 1.82) is 0 Å². The van der Waals surface area contributed by atoms with Crippen LogP contribution in [0.25, 0.3) is 0 Å². The molecule has 7 heteroatoms. The zero-order valence-corrected chi connectivity index (χ0v) is 11.6. The second-order valence-corrected chi connectivity index (χ2v) is 4.10. The molecule has 0 spiro atoms. The SMILES string of the molecule is C=CCn1ncc(NCC(=O)OCC)c(Br)c1=O. The molecule has 0 atom stereocenters. The van der Waals surface area contributed by atoms with Crippen LogP contribution < -0.4 is 10.9 Å². The molecule has 0 radical (unpaired) electrons. The summed E-state index contributed by atoms with van der Waals surface area (Å²) in [5.41, 5.74) is 0.164. The fraction of sp³-hybridized carbons (Fsp3) is 0.364. The van der Waals surface area contributed by atoms with E-state index < -0.39 is 0 Å². The van der Waals surface area contributed by atoms with Crippen molar-refractivity contribution in [3.63, 3.8) is 0 Å². The molecule has 0 aliphatic heterocycles. The number of nitrogens with one attached hydrogen (secondary N) is 1. The first-order valence-corrected chi connectivity index (χ1v) is 6.15. The van der Waals surface area contributed by atoms with Crippen LogP contribution in [0.1, 0.15) is 6.92 Å². The molecule has 0 fully saturated rings. The molecule has 6 nitrogen and oxygen atoms in total. The van der Waals surface area contributed by atoms with Gasteiger partial charge in [0, 0.05) is 0 Å². The van der Waals surface area contributed by atoms with E-state index in [1.165, 1.54) is 10.9 Å². The number of carbonyl (C=O) groups excluding carboxylic acids is 1. The van der Waals surface area contributed by atoms with Crippen molar-refractivity contribution in [3.05, 3.63) is 33.7 Å². The predicted octanol–water partition coefficient (Wildman–Crippen LogP) is 1.17. The third-order valence-corrected chi connectivity index (χ3v) is 2.78. The lowest BCUT2D eigenvalue weighted by molar-refractivity contribution is -0.140. The number of halogens is 1. The van der Waals surface area contributed by atoms with Crippen LogP contribution in [0.4, 0.5) is 5.69 Å². The van der Waals surface area contributed by atoms with Gasteiger partial charge in [-0.1, -0.05) is 6.08 Å². The van der Waals surface area contributed by atoms with Crippen molar-refractivity contribution < 1.29 is 9.53 Å². The van der Waals surface area contributed by atoms with Crippen LogP contribution in [0.5, 0.6) is 0 Å². The van der Waals surface area contributed by atoms with Crippen molar-refractivity contribution in [3.8, 4) is 0 Å². The Balaban J connectivity index is 2.79. The van der Waals surface area contributed by atoms with Gasteiger partial charge in [-0.05, 0) is 22.9 Å². The first-order valence-electron chi connectivity index (χ1n) is 5.36. The Morgan fingerprint density at radius 3 is 3.06 bits per heavy atom. The summed E-state index contributed by atoms with van der Waals surface area (Å²) in [5, 5.41) is 6.73. The summed E-state index contributed by atoms with van der Waals surface area (Å²) in [6.45, 7) is 5.90. The maximum Gasteiger partial charge on any atom is 0.325 e. The normalized spacial score (nSPS) is 9.89. The highest BCUT2D eigenvalue weighted by Crippen LogP contribution is 2.15. The molecule has 0 bridgehead atoms. The van der Waals surface area contributed by atoms with Crippen molar-refractivity contribution in [2.24, 2.45) is 0 Å². The average molecular weight is 316 g/mol. The molecule has 1 heterocycles. The number of ether oxygens (including phenoxy) is 1. The lowest BCUT2D eigenvalue weighted by atomic mass is 10.4. The minimum atomic E-state index is -0.389. The third-order valence-electron chi connectivity index (χ3n) is 2.02. The summed E-state index contributed by atoms with van der Waals surface area (Å²) in [6, 6.07) is 0. The van der Waals surface area contributed by atoms with Crippen LogP contribution in [-0.4, -0.2) is 28.9 Å². The molecular formula is C11H14BrN3O3. The second-order valence-electron chi connectivity index (χ2n) is 3.31. The minimum Gasteiger partial charge on any atom is -0.465 e. The highest BCUT2D eigenvalue weighted by atomic mass is 79.9. The maximum atomic E-state index is 11.8. The molecule has 1 aromatic rings. The molecule has 0 amide bonds. The summed E-state index contributed by atoms with van der Waals surface area (Å²) < 4.78 is 6.34. The van der Waals surface area contributed by atoms with Gasteiger partial charge < -0.3 is 10.1 Å². The number of aromatic nitrogens is 2. The Morgan fingerprint density at radius 1 is 1.72 bits per heavy atom. The van der Waals surface area contributed by atoms with Gasteiger partial charge in [-0.15, -0.1) is 6.58 Å². The molecule has 0 aliphatic carbocycles. The van der Waals surface area contributed by atoms with Gasteiger partial charge in [0.1, 0.15) is 11.0 Å². The van der Waals surface area contributed by atoms with E-state index >= 15 is 0 Å². The summed E-state index contributed by atoms with van der Waals surface area (Å²) in [7, 11) is 0. The van der Waals surface area contributed by atoms with E-state index in [4.69, 9.17) is 4.74 Å². The molecule has 1 aromatic heterocycles. The molecule has 0 aliphatic rings. The molecule has 0 saturated heterocycles.